The summed E-state index contributed by atoms with van der Waals surface area (Å²) in [6, 6.07) is 13.8. The maximum Gasteiger partial charge on any atom is 0.126 e. The molecule has 0 fully saturated rings. The second kappa shape index (κ2) is 7.89. The molecule has 0 aliphatic rings. The van der Waals surface area contributed by atoms with Crippen molar-refractivity contribution in [3.8, 4) is 0 Å². The molecule has 3 heteroatoms. The number of hydrogen-bond donors (Lipinski definition) is 1. The summed E-state index contributed by atoms with van der Waals surface area (Å²) in [5.41, 5.74) is 1.68. The van der Waals surface area contributed by atoms with Crippen molar-refractivity contribution in [1.82, 2.24) is 5.32 Å². The van der Waals surface area contributed by atoms with E-state index < -0.39 is 0 Å². The number of rotatable bonds is 7. The van der Waals surface area contributed by atoms with Gasteiger partial charge in [0.2, 0.25) is 0 Å². The number of halogens is 2. The predicted octanol–water partition coefficient (Wildman–Crippen LogP) is 4.29. The summed E-state index contributed by atoms with van der Waals surface area (Å²) in [6.07, 6.45) is 1.33. The molecule has 0 heterocycles. The molecule has 2 aromatic rings. The van der Waals surface area contributed by atoms with Gasteiger partial charge in [-0.15, -0.1) is 0 Å². The molecule has 0 aliphatic carbocycles. The first kappa shape index (κ1) is 15.6. The van der Waals surface area contributed by atoms with Crippen molar-refractivity contribution in [3.05, 3.63) is 71.3 Å². The van der Waals surface area contributed by atoms with Gasteiger partial charge in [-0.25, -0.2) is 8.78 Å². The fourth-order valence-corrected chi connectivity index (χ4v) is 2.49. The molecule has 2 aromatic carbocycles. The number of likely N-dealkylation sites (N-methyl/N-ethyl adjacent to an activating group) is 1. The van der Waals surface area contributed by atoms with Gasteiger partial charge in [-0.05, 0) is 54.6 Å². The number of benzene rings is 2. The van der Waals surface area contributed by atoms with Gasteiger partial charge in [-0.3, -0.25) is 0 Å². The van der Waals surface area contributed by atoms with Crippen molar-refractivity contribution in [2.75, 3.05) is 13.1 Å². The zero-order valence-electron chi connectivity index (χ0n) is 12.3. The van der Waals surface area contributed by atoms with E-state index in [9.17, 15) is 8.78 Å². The molecule has 1 nitrogen and oxygen atoms in total. The average Bonchev–Trinajstić information content (AvgIpc) is 2.51. The van der Waals surface area contributed by atoms with Crippen molar-refractivity contribution >= 4 is 0 Å². The highest BCUT2D eigenvalue weighted by Crippen LogP contribution is 2.22. The van der Waals surface area contributed by atoms with Crippen LogP contribution in [0.15, 0.2) is 48.5 Å². The van der Waals surface area contributed by atoms with Gasteiger partial charge < -0.3 is 5.32 Å². The topological polar surface area (TPSA) is 12.0 Å². The maximum atomic E-state index is 13.7. The minimum atomic E-state index is -0.380. The zero-order valence-corrected chi connectivity index (χ0v) is 12.3. The Morgan fingerprint density at radius 1 is 1.05 bits per heavy atom. The van der Waals surface area contributed by atoms with Gasteiger partial charge in [0.25, 0.3) is 0 Å². The molecule has 0 radical (unpaired) electrons. The Morgan fingerprint density at radius 2 is 1.81 bits per heavy atom. The summed E-state index contributed by atoms with van der Waals surface area (Å²) in [6.45, 7) is 3.81. The third-order valence-corrected chi connectivity index (χ3v) is 3.68. The van der Waals surface area contributed by atoms with Gasteiger partial charge in [0.1, 0.15) is 11.6 Å². The van der Waals surface area contributed by atoms with Gasteiger partial charge in [0.15, 0.2) is 0 Å². The van der Waals surface area contributed by atoms with Crippen LogP contribution in [0, 0.1) is 11.6 Å². The first-order valence-electron chi connectivity index (χ1n) is 7.40. The Bertz CT molecular complexity index is 554. The molecule has 0 bridgehead atoms. The van der Waals surface area contributed by atoms with Crippen LogP contribution in [-0.2, 0) is 6.42 Å². The number of nitrogens with one attached hydrogen (secondary N) is 1. The Labute approximate surface area is 125 Å². The van der Waals surface area contributed by atoms with E-state index in [1.807, 2.05) is 18.2 Å². The molecule has 1 unspecified atom stereocenters. The quantitative estimate of drug-likeness (QED) is 0.801. The Hall–Kier alpha value is -1.74. The van der Waals surface area contributed by atoms with Crippen LogP contribution >= 0.6 is 0 Å². The summed E-state index contributed by atoms with van der Waals surface area (Å²) >= 11 is 0. The molecule has 0 spiro atoms. The second-order valence-electron chi connectivity index (χ2n) is 5.19. The fraction of sp³-hybridized carbons (Fsp3) is 0.333. The molecule has 0 saturated heterocycles. The fourth-order valence-electron chi connectivity index (χ4n) is 2.49. The minimum absolute atomic E-state index is 0.300. The standard InChI is InChI=1S/C18H21F2N/c1-2-21-13-16(14-6-4-3-5-7-14)9-8-15-12-17(19)10-11-18(15)20/h3-7,10-12,16,21H,2,8-9,13H2,1H3. The van der Waals surface area contributed by atoms with E-state index in [4.69, 9.17) is 0 Å². The van der Waals surface area contributed by atoms with Crippen LogP contribution in [0.5, 0.6) is 0 Å². The van der Waals surface area contributed by atoms with E-state index in [1.165, 1.54) is 17.7 Å². The lowest BCUT2D eigenvalue weighted by Crippen LogP contribution is -2.21. The lowest BCUT2D eigenvalue weighted by Gasteiger charge is -2.18. The zero-order chi connectivity index (χ0) is 15.1. The van der Waals surface area contributed by atoms with Crippen LogP contribution in [0.2, 0.25) is 0 Å². The molecule has 0 amide bonds. The van der Waals surface area contributed by atoms with Crippen LogP contribution in [0.3, 0.4) is 0 Å². The molecular formula is C18H21F2N. The minimum Gasteiger partial charge on any atom is -0.316 e. The third kappa shape index (κ3) is 4.64. The monoisotopic (exact) mass is 289 g/mol. The maximum absolute atomic E-state index is 13.7. The summed E-state index contributed by atoms with van der Waals surface area (Å²) in [5, 5.41) is 3.34. The van der Waals surface area contributed by atoms with Crippen LogP contribution < -0.4 is 5.32 Å². The van der Waals surface area contributed by atoms with E-state index in [0.29, 0.717) is 17.9 Å². The smallest absolute Gasteiger partial charge is 0.126 e. The molecule has 21 heavy (non-hydrogen) atoms. The van der Waals surface area contributed by atoms with Crippen molar-refractivity contribution < 1.29 is 8.78 Å². The second-order valence-corrected chi connectivity index (χ2v) is 5.19. The molecule has 0 aromatic heterocycles. The lowest BCUT2D eigenvalue weighted by molar-refractivity contribution is 0.541. The van der Waals surface area contributed by atoms with E-state index in [2.05, 4.69) is 24.4 Å². The summed E-state index contributed by atoms with van der Waals surface area (Å²) < 4.78 is 26.9. The number of aryl methyl sites for hydroxylation is 1. The highest BCUT2D eigenvalue weighted by molar-refractivity contribution is 5.22. The SMILES string of the molecule is CCNCC(CCc1cc(F)ccc1F)c1ccccc1. The van der Waals surface area contributed by atoms with Crippen molar-refractivity contribution in [2.45, 2.75) is 25.7 Å². The first-order valence-corrected chi connectivity index (χ1v) is 7.40. The van der Waals surface area contributed by atoms with Gasteiger partial charge in [-0.2, -0.15) is 0 Å². The molecule has 1 atom stereocenters. The molecule has 112 valence electrons. The van der Waals surface area contributed by atoms with E-state index in [0.717, 1.165) is 25.6 Å². The Morgan fingerprint density at radius 3 is 2.52 bits per heavy atom. The van der Waals surface area contributed by atoms with Crippen LogP contribution in [0.25, 0.3) is 0 Å². The normalized spacial score (nSPS) is 12.3. The Kier molecular flexibility index (Phi) is 5.88. The van der Waals surface area contributed by atoms with E-state index in [1.54, 1.807) is 0 Å². The summed E-state index contributed by atoms with van der Waals surface area (Å²) in [5.74, 6) is -0.408. The van der Waals surface area contributed by atoms with Gasteiger partial charge in [0.05, 0.1) is 0 Å². The van der Waals surface area contributed by atoms with E-state index >= 15 is 0 Å². The van der Waals surface area contributed by atoms with Crippen LogP contribution in [0.4, 0.5) is 8.78 Å². The van der Waals surface area contributed by atoms with E-state index in [-0.39, 0.29) is 11.6 Å². The molecule has 2 rings (SSSR count). The van der Waals surface area contributed by atoms with Gasteiger partial charge >= 0.3 is 0 Å². The van der Waals surface area contributed by atoms with Gasteiger partial charge in [-0.1, -0.05) is 37.3 Å². The molecule has 0 aliphatic heterocycles. The first-order chi connectivity index (χ1) is 10.2. The highest BCUT2D eigenvalue weighted by atomic mass is 19.1. The number of hydrogen-bond acceptors (Lipinski definition) is 1. The molecule has 0 saturated carbocycles. The average molecular weight is 289 g/mol. The highest BCUT2D eigenvalue weighted by Gasteiger charge is 2.13. The van der Waals surface area contributed by atoms with Crippen molar-refractivity contribution in [3.63, 3.8) is 0 Å². The predicted molar refractivity (Wildman–Crippen MR) is 82.4 cm³/mol. The third-order valence-electron chi connectivity index (χ3n) is 3.68. The lowest BCUT2D eigenvalue weighted by atomic mass is 9.92. The van der Waals surface area contributed by atoms with Crippen LogP contribution in [0.1, 0.15) is 30.4 Å². The van der Waals surface area contributed by atoms with Crippen molar-refractivity contribution in [2.24, 2.45) is 0 Å². The van der Waals surface area contributed by atoms with Crippen LogP contribution in [-0.4, -0.2) is 13.1 Å². The molecule has 1 N–H and O–H groups in total. The Balaban J connectivity index is 2.07. The van der Waals surface area contributed by atoms with Crippen molar-refractivity contribution in [1.29, 1.82) is 0 Å². The summed E-state index contributed by atoms with van der Waals surface area (Å²) in [4.78, 5) is 0. The van der Waals surface area contributed by atoms with Gasteiger partial charge in [0, 0.05) is 6.54 Å². The molecular weight excluding hydrogens is 268 g/mol. The largest absolute Gasteiger partial charge is 0.316 e. The summed E-state index contributed by atoms with van der Waals surface area (Å²) in [7, 11) is 0.